The zero-order chi connectivity index (χ0) is 10.3. The molecule has 3 unspecified atom stereocenters. The van der Waals surface area contributed by atoms with Crippen LogP contribution in [0.3, 0.4) is 0 Å². The topological polar surface area (TPSA) is 17.1 Å². The summed E-state index contributed by atoms with van der Waals surface area (Å²) >= 11 is 0. The van der Waals surface area contributed by atoms with Gasteiger partial charge in [0.2, 0.25) is 0 Å². The molecule has 0 radical (unpaired) electrons. The van der Waals surface area contributed by atoms with Crippen LogP contribution < -0.4 is 0 Å². The van der Waals surface area contributed by atoms with Gasteiger partial charge in [-0.3, -0.25) is 4.79 Å². The second-order valence-electron chi connectivity index (χ2n) is 5.26. The second kappa shape index (κ2) is 3.62. The zero-order valence-electron chi connectivity index (χ0n) is 9.11. The molecule has 1 heteroatoms. The molecule has 1 nitrogen and oxygen atoms in total. The van der Waals surface area contributed by atoms with Gasteiger partial charge in [-0.2, -0.15) is 0 Å². The first-order valence-corrected chi connectivity index (χ1v) is 6.25. The number of rotatable bonds is 0. The van der Waals surface area contributed by atoms with E-state index in [1.807, 2.05) is 0 Å². The SMILES string of the molecule is O=C1C=CC2=CCC3CCCCC3C2C1. The molecule has 0 saturated heterocycles. The summed E-state index contributed by atoms with van der Waals surface area (Å²) in [6, 6.07) is 0. The van der Waals surface area contributed by atoms with E-state index in [1.54, 1.807) is 6.08 Å². The van der Waals surface area contributed by atoms with Crippen LogP contribution in [0.4, 0.5) is 0 Å². The molecule has 0 amide bonds. The number of allylic oxidation sites excluding steroid dienone is 4. The van der Waals surface area contributed by atoms with Crippen LogP contribution in [-0.4, -0.2) is 5.78 Å². The molecule has 0 bridgehead atoms. The van der Waals surface area contributed by atoms with Gasteiger partial charge in [0.15, 0.2) is 5.78 Å². The third kappa shape index (κ3) is 1.58. The molecular formula is C14H18O. The Morgan fingerprint density at radius 3 is 2.93 bits per heavy atom. The summed E-state index contributed by atoms with van der Waals surface area (Å²) in [6.45, 7) is 0. The van der Waals surface area contributed by atoms with Gasteiger partial charge < -0.3 is 0 Å². The summed E-state index contributed by atoms with van der Waals surface area (Å²) in [5, 5.41) is 0. The highest BCUT2D eigenvalue weighted by Gasteiger charge is 2.37. The van der Waals surface area contributed by atoms with E-state index < -0.39 is 0 Å². The van der Waals surface area contributed by atoms with Crippen molar-refractivity contribution in [3.63, 3.8) is 0 Å². The van der Waals surface area contributed by atoms with Crippen LogP contribution in [0.15, 0.2) is 23.8 Å². The Morgan fingerprint density at radius 2 is 2.00 bits per heavy atom. The van der Waals surface area contributed by atoms with E-state index in [0.717, 1.165) is 18.3 Å². The number of hydrogen-bond acceptors (Lipinski definition) is 1. The van der Waals surface area contributed by atoms with Crippen molar-refractivity contribution >= 4 is 5.78 Å². The van der Waals surface area contributed by atoms with E-state index >= 15 is 0 Å². The van der Waals surface area contributed by atoms with Crippen molar-refractivity contribution in [1.82, 2.24) is 0 Å². The summed E-state index contributed by atoms with van der Waals surface area (Å²) in [4.78, 5) is 11.5. The molecule has 0 N–H and O–H groups in total. The highest BCUT2D eigenvalue weighted by Crippen LogP contribution is 2.46. The van der Waals surface area contributed by atoms with Crippen molar-refractivity contribution in [2.75, 3.05) is 0 Å². The highest BCUT2D eigenvalue weighted by molar-refractivity contribution is 5.92. The molecular weight excluding hydrogens is 184 g/mol. The Bertz CT molecular complexity index is 337. The monoisotopic (exact) mass is 202 g/mol. The van der Waals surface area contributed by atoms with Crippen LogP contribution in [0.2, 0.25) is 0 Å². The highest BCUT2D eigenvalue weighted by atomic mass is 16.1. The minimum atomic E-state index is 0.336. The van der Waals surface area contributed by atoms with Crippen LogP contribution >= 0.6 is 0 Å². The molecule has 0 aliphatic heterocycles. The van der Waals surface area contributed by atoms with Crippen molar-refractivity contribution < 1.29 is 4.79 Å². The standard InChI is InChI=1S/C14H18O/c15-12-8-7-11-6-5-10-3-1-2-4-13(10)14(11)9-12/h6-8,10,13-14H,1-5,9H2. The molecule has 3 aliphatic rings. The maximum atomic E-state index is 11.5. The van der Waals surface area contributed by atoms with Crippen molar-refractivity contribution in [2.45, 2.75) is 38.5 Å². The van der Waals surface area contributed by atoms with Gasteiger partial charge in [0.1, 0.15) is 0 Å². The number of hydrogen-bond donors (Lipinski definition) is 0. The van der Waals surface area contributed by atoms with Gasteiger partial charge in [0, 0.05) is 6.42 Å². The van der Waals surface area contributed by atoms with Gasteiger partial charge in [-0.1, -0.05) is 25.0 Å². The molecule has 0 aromatic carbocycles. The molecule has 0 aromatic rings. The minimum Gasteiger partial charge on any atom is -0.295 e. The third-order valence-electron chi connectivity index (χ3n) is 4.45. The second-order valence-corrected chi connectivity index (χ2v) is 5.26. The van der Waals surface area contributed by atoms with Crippen LogP contribution in [0.25, 0.3) is 0 Å². The molecule has 1 saturated carbocycles. The van der Waals surface area contributed by atoms with Crippen molar-refractivity contribution in [3.05, 3.63) is 23.8 Å². The molecule has 15 heavy (non-hydrogen) atoms. The molecule has 3 atom stereocenters. The predicted molar refractivity (Wildman–Crippen MR) is 60.4 cm³/mol. The summed E-state index contributed by atoms with van der Waals surface area (Å²) in [5.41, 5.74) is 1.46. The Balaban J connectivity index is 1.90. The van der Waals surface area contributed by atoms with Crippen LogP contribution in [0, 0.1) is 17.8 Å². The largest absolute Gasteiger partial charge is 0.295 e. The first-order valence-electron chi connectivity index (χ1n) is 6.25. The minimum absolute atomic E-state index is 0.336. The number of fused-ring (bicyclic) bond motifs is 3. The van der Waals surface area contributed by atoms with Gasteiger partial charge in [0.05, 0.1) is 0 Å². The summed E-state index contributed by atoms with van der Waals surface area (Å²) in [5.74, 6) is 2.60. The van der Waals surface area contributed by atoms with Gasteiger partial charge in [-0.05, 0) is 48.7 Å². The first-order chi connectivity index (χ1) is 7.34. The fourth-order valence-electron chi connectivity index (χ4n) is 3.68. The van der Waals surface area contributed by atoms with Gasteiger partial charge >= 0.3 is 0 Å². The molecule has 0 aromatic heterocycles. The van der Waals surface area contributed by atoms with Crippen LogP contribution in [0.5, 0.6) is 0 Å². The molecule has 80 valence electrons. The first kappa shape index (κ1) is 9.38. The van der Waals surface area contributed by atoms with E-state index in [9.17, 15) is 4.79 Å². The molecule has 1 fully saturated rings. The van der Waals surface area contributed by atoms with Gasteiger partial charge in [-0.25, -0.2) is 0 Å². The Labute approximate surface area is 91.2 Å². The van der Waals surface area contributed by atoms with E-state index in [1.165, 1.54) is 37.7 Å². The zero-order valence-corrected chi connectivity index (χ0v) is 9.11. The van der Waals surface area contributed by atoms with Crippen molar-refractivity contribution in [1.29, 1.82) is 0 Å². The number of ketones is 1. The molecule has 3 aliphatic carbocycles. The summed E-state index contributed by atoms with van der Waals surface area (Å²) in [6.07, 6.45) is 13.8. The van der Waals surface area contributed by atoms with Crippen molar-refractivity contribution in [2.24, 2.45) is 17.8 Å². The lowest BCUT2D eigenvalue weighted by Crippen LogP contribution is -2.33. The van der Waals surface area contributed by atoms with Gasteiger partial charge in [-0.15, -0.1) is 0 Å². The van der Waals surface area contributed by atoms with E-state index in [-0.39, 0.29) is 0 Å². The predicted octanol–water partition coefficient (Wildman–Crippen LogP) is 3.27. The maximum absolute atomic E-state index is 11.5. The average Bonchev–Trinajstić information content (AvgIpc) is 2.29. The molecule has 0 heterocycles. The van der Waals surface area contributed by atoms with E-state index in [2.05, 4.69) is 12.2 Å². The van der Waals surface area contributed by atoms with Gasteiger partial charge in [0.25, 0.3) is 0 Å². The lowest BCUT2D eigenvalue weighted by Gasteiger charge is -2.41. The lowest BCUT2D eigenvalue weighted by atomic mass is 9.63. The summed E-state index contributed by atoms with van der Waals surface area (Å²) < 4.78 is 0. The quantitative estimate of drug-likeness (QED) is 0.589. The summed E-state index contributed by atoms with van der Waals surface area (Å²) in [7, 11) is 0. The fourth-order valence-corrected chi connectivity index (χ4v) is 3.68. The lowest BCUT2D eigenvalue weighted by molar-refractivity contribution is -0.116. The third-order valence-corrected chi connectivity index (χ3v) is 4.45. The van der Waals surface area contributed by atoms with Crippen LogP contribution in [0.1, 0.15) is 38.5 Å². The Hall–Kier alpha value is -0.850. The molecule has 0 spiro atoms. The van der Waals surface area contributed by atoms with E-state index in [4.69, 9.17) is 0 Å². The smallest absolute Gasteiger partial charge is 0.156 e. The fraction of sp³-hybridized carbons (Fsp3) is 0.643. The maximum Gasteiger partial charge on any atom is 0.156 e. The van der Waals surface area contributed by atoms with Crippen LogP contribution in [-0.2, 0) is 4.79 Å². The Morgan fingerprint density at radius 1 is 1.13 bits per heavy atom. The normalized spacial score (nSPS) is 39.3. The average molecular weight is 202 g/mol. The number of carbonyl (C=O) groups excluding carboxylic acids is 1. The Kier molecular flexibility index (Phi) is 2.27. The van der Waals surface area contributed by atoms with E-state index in [0.29, 0.717) is 11.7 Å². The number of carbonyl (C=O) groups is 1. The van der Waals surface area contributed by atoms with Crippen molar-refractivity contribution in [3.8, 4) is 0 Å². The molecule has 3 rings (SSSR count).